The van der Waals surface area contributed by atoms with E-state index in [9.17, 15) is 18.0 Å². The van der Waals surface area contributed by atoms with Gasteiger partial charge in [-0.2, -0.15) is 13.2 Å². The van der Waals surface area contributed by atoms with Crippen molar-refractivity contribution in [3.63, 3.8) is 0 Å². The van der Waals surface area contributed by atoms with Gasteiger partial charge in [-0.15, -0.1) is 0 Å². The van der Waals surface area contributed by atoms with Crippen molar-refractivity contribution < 1.29 is 22.7 Å². The van der Waals surface area contributed by atoms with Crippen LogP contribution < -0.4 is 10.1 Å². The van der Waals surface area contributed by atoms with Gasteiger partial charge in [0.15, 0.2) is 0 Å². The van der Waals surface area contributed by atoms with E-state index in [1.807, 2.05) is 6.92 Å². The number of hydrogen-bond donors (Lipinski definition) is 1. The summed E-state index contributed by atoms with van der Waals surface area (Å²) >= 11 is 0. The zero-order chi connectivity index (χ0) is 20.5. The Morgan fingerprint density at radius 1 is 1.32 bits per heavy atom. The van der Waals surface area contributed by atoms with Crippen LogP contribution in [0.3, 0.4) is 0 Å². The standard InChI is InChI=1S/C20H22F3N3O2/c1-13-11-14(6-7-16(13)28-15-5-4-9-24-12-15)25-18(27)26-10-8-17(19(26,2)3)20(21,22)23/h4-7,9,11-12,17H,8,10H2,1-3H3,(H,25,27)/t17-/m0/s1. The molecule has 1 N–H and O–H groups in total. The van der Waals surface area contributed by atoms with E-state index in [0.29, 0.717) is 17.2 Å². The Balaban J connectivity index is 1.70. The third-order valence-corrected chi connectivity index (χ3v) is 5.12. The fourth-order valence-electron chi connectivity index (χ4n) is 3.58. The number of carbonyl (C=O) groups is 1. The number of nitrogens with zero attached hydrogens (tertiary/aromatic N) is 2. The fourth-order valence-corrected chi connectivity index (χ4v) is 3.58. The third kappa shape index (κ3) is 4.05. The van der Waals surface area contributed by atoms with Gasteiger partial charge < -0.3 is 15.0 Å². The number of benzene rings is 1. The van der Waals surface area contributed by atoms with Gasteiger partial charge in [0.05, 0.1) is 17.7 Å². The summed E-state index contributed by atoms with van der Waals surface area (Å²) < 4.78 is 45.4. The molecule has 0 bridgehead atoms. The van der Waals surface area contributed by atoms with Gasteiger partial charge in [-0.05, 0) is 63.1 Å². The molecular weight excluding hydrogens is 371 g/mol. The molecule has 0 radical (unpaired) electrons. The normalized spacial score (nSPS) is 18.8. The zero-order valence-corrected chi connectivity index (χ0v) is 15.9. The summed E-state index contributed by atoms with van der Waals surface area (Å²) in [6, 6.07) is 8.05. The Bertz CT molecular complexity index is 854. The first-order chi connectivity index (χ1) is 13.1. The summed E-state index contributed by atoms with van der Waals surface area (Å²) in [7, 11) is 0. The van der Waals surface area contributed by atoms with Crippen LogP contribution in [0.4, 0.5) is 23.7 Å². The molecular formula is C20H22F3N3O2. The molecule has 0 saturated carbocycles. The highest BCUT2D eigenvalue weighted by atomic mass is 19.4. The molecule has 3 rings (SSSR count). The summed E-state index contributed by atoms with van der Waals surface area (Å²) in [6.45, 7) is 4.78. The first kappa shape index (κ1) is 20.0. The van der Waals surface area contributed by atoms with Crippen LogP contribution in [0.1, 0.15) is 25.8 Å². The Kier molecular flexibility index (Phi) is 5.23. The molecule has 1 saturated heterocycles. The van der Waals surface area contributed by atoms with E-state index in [1.54, 1.807) is 42.7 Å². The average molecular weight is 393 g/mol. The number of halogens is 3. The third-order valence-electron chi connectivity index (χ3n) is 5.12. The average Bonchev–Trinajstić information content (AvgIpc) is 2.93. The zero-order valence-electron chi connectivity index (χ0n) is 15.9. The molecule has 2 heterocycles. The van der Waals surface area contributed by atoms with Crippen molar-refractivity contribution in [2.24, 2.45) is 5.92 Å². The van der Waals surface area contributed by atoms with Gasteiger partial charge in [-0.25, -0.2) is 4.79 Å². The summed E-state index contributed by atoms with van der Waals surface area (Å²) in [6.07, 6.45) is -1.20. The maximum absolute atomic E-state index is 13.2. The number of aromatic nitrogens is 1. The van der Waals surface area contributed by atoms with Gasteiger partial charge >= 0.3 is 12.2 Å². The highest BCUT2D eigenvalue weighted by Crippen LogP contribution is 2.44. The first-order valence-electron chi connectivity index (χ1n) is 8.93. The predicted octanol–water partition coefficient (Wildman–Crippen LogP) is 5.38. The maximum Gasteiger partial charge on any atom is 0.394 e. The summed E-state index contributed by atoms with van der Waals surface area (Å²) in [5, 5.41) is 2.70. The van der Waals surface area contributed by atoms with Crippen molar-refractivity contribution in [3.8, 4) is 11.5 Å². The molecule has 1 aromatic heterocycles. The van der Waals surface area contributed by atoms with E-state index in [2.05, 4.69) is 10.3 Å². The lowest BCUT2D eigenvalue weighted by atomic mass is 9.88. The van der Waals surface area contributed by atoms with Crippen LogP contribution >= 0.6 is 0 Å². The molecule has 5 nitrogen and oxygen atoms in total. The van der Waals surface area contributed by atoms with Crippen molar-refractivity contribution in [2.75, 3.05) is 11.9 Å². The van der Waals surface area contributed by atoms with E-state index in [1.165, 1.54) is 18.7 Å². The van der Waals surface area contributed by atoms with Gasteiger partial charge in [0.25, 0.3) is 0 Å². The van der Waals surface area contributed by atoms with Crippen molar-refractivity contribution in [1.82, 2.24) is 9.88 Å². The number of likely N-dealkylation sites (tertiary alicyclic amines) is 1. The molecule has 1 atom stereocenters. The van der Waals surface area contributed by atoms with Crippen LogP contribution in [0.25, 0.3) is 0 Å². The van der Waals surface area contributed by atoms with Crippen LogP contribution in [0.5, 0.6) is 11.5 Å². The smallest absolute Gasteiger partial charge is 0.394 e. The topological polar surface area (TPSA) is 54.5 Å². The quantitative estimate of drug-likeness (QED) is 0.762. The molecule has 0 spiro atoms. The lowest BCUT2D eigenvalue weighted by Gasteiger charge is -2.36. The number of alkyl halides is 3. The van der Waals surface area contributed by atoms with Crippen molar-refractivity contribution in [3.05, 3.63) is 48.3 Å². The number of hydrogen-bond acceptors (Lipinski definition) is 3. The summed E-state index contributed by atoms with van der Waals surface area (Å²) in [5.74, 6) is -0.355. The van der Waals surface area contributed by atoms with E-state index in [-0.39, 0.29) is 13.0 Å². The molecule has 2 amide bonds. The summed E-state index contributed by atoms with van der Waals surface area (Å²) in [4.78, 5) is 17.8. The number of nitrogens with one attached hydrogen (secondary N) is 1. The number of amides is 2. The van der Waals surface area contributed by atoms with Crippen LogP contribution in [0.2, 0.25) is 0 Å². The Morgan fingerprint density at radius 3 is 2.64 bits per heavy atom. The Labute approximate surface area is 161 Å². The van der Waals surface area contributed by atoms with Crippen LogP contribution in [0, 0.1) is 12.8 Å². The minimum Gasteiger partial charge on any atom is -0.455 e. The molecule has 0 aliphatic carbocycles. The minimum atomic E-state index is -4.33. The molecule has 1 fully saturated rings. The van der Waals surface area contributed by atoms with E-state index < -0.39 is 23.7 Å². The fraction of sp³-hybridized carbons (Fsp3) is 0.400. The number of carbonyl (C=O) groups excluding carboxylic acids is 1. The highest BCUT2D eigenvalue weighted by molar-refractivity contribution is 5.90. The molecule has 1 aromatic carbocycles. The second-order valence-electron chi connectivity index (χ2n) is 7.39. The summed E-state index contributed by atoms with van der Waals surface area (Å²) in [5.41, 5.74) is -0.0383. The highest BCUT2D eigenvalue weighted by Gasteiger charge is 2.56. The number of rotatable bonds is 3. The Hall–Kier alpha value is -2.77. The number of ether oxygens (including phenoxy) is 1. The largest absolute Gasteiger partial charge is 0.455 e. The number of aryl methyl sites for hydroxylation is 1. The Morgan fingerprint density at radius 2 is 2.07 bits per heavy atom. The van der Waals surface area contributed by atoms with Crippen LogP contribution in [-0.4, -0.2) is 34.2 Å². The SMILES string of the molecule is Cc1cc(NC(=O)N2CC[C@H](C(F)(F)F)C2(C)C)ccc1Oc1cccnc1. The number of pyridine rings is 1. The molecule has 1 aliphatic rings. The molecule has 150 valence electrons. The number of urea groups is 1. The van der Waals surface area contributed by atoms with E-state index in [0.717, 1.165) is 5.56 Å². The van der Waals surface area contributed by atoms with Crippen molar-refractivity contribution in [1.29, 1.82) is 0 Å². The van der Waals surface area contributed by atoms with Gasteiger partial charge in [0.1, 0.15) is 11.5 Å². The molecule has 28 heavy (non-hydrogen) atoms. The second kappa shape index (κ2) is 7.33. The minimum absolute atomic E-state index is 0.0597. The lowest BCUT2D eigenvalue weighted by Crippen LogP contribution is -2.51. The molecule has 1 aliphatic heterocycles. The second-order valence-corrected chi connectivity index (χ2v) is 7.39. The predicted molar refractivity (Wildman–Crippen MR) is 99.5 cm³/mol. The van der Waals surface area contributed by atoms with Gasteiger partial charge in [-0.1, -0.05) is 0 Å². The van der Waals surface area contributed by atoms with Gasteiger partial charge in [0.2, 0.25) is 0 Å². The first-order valence-corrected chi connectivity index (χ1v) is 8.93. The van der Waals surface area contributed by atoms with Crippen LogP contribution in [0.15, 0.2) is 42.7 Å². The van der Waals surface area contributed by atoms with Crippen LogP contribution in [-0.2, 0) is 0 Å². The van der Waals surface area contributed by atoms with Crippen molar-refractivity contribution in [2.45, 2.75) is 38.9 Å². The molecule has 0 unspecified atom stereocenters. The van der Waals surface area contributed by atoms with E-state index >= 15 is 0 Å². The monoisotopic (exact) mass is 393 g/mol. The lowest BCUT2D eigenvalue weighted by molar-refractivity contribution is -0.189. The van der Waals surface area contributed by atoms with E-state index in [4.69, 9.17) is 4.74 Å². The number of anilines is 1. The van der Waals surface area contributed by atoms with Gasteiger partial charge in [0, 0.05) is 18.4 Å². The molecule has 2 aromatic rings. The molecule has 8 heteroatoms. The maximum atomic E-state index is 13.2. The van der Waals surface area contributed by atoms with Crippen molar-refractivity contribution >= 4 is 11.7 Å². The van der Waals surface area contributed by atoms with Gasteiger partial charge in [-0.3, -0.25) is 4.98 Å².